The van der Waals surface area contributed by atoms with Gasteiger partial charge in [-0.1, -0.05) is 30.3 Å². The number of imide groups is 1. The summed E-state index contributed by atoms with van der Waals surface area (Å²) in [5, 5.41) is 0. The Morgan fingerprint density at radius 2 is 1.66 bits per heavy atom. The topological polar surface area (TPSA) is 132 Å². The highest BCUT2D eigenvalue weighted by Crippen LogP contribution is 2.45. The molecule has 2 aliphatic heterocycles. The molecule has 50 heavy (non-hydrogen) atoms. The molecule has 0 spiro atoms. The minimum absolute atomic E-state index is 0.00699. The van der Waals surface area contributed by atoms with Crippen LogP contribution in [0, 0.1) is 13.8 Å². The Labute approximate surface area is 291 Å². The van der Waals surface area contributed by atoms with Crippen LogP contribution in [0.4, 0.5) is 4.79 Å². The van der Waals surface area contributed by atoms with Crippen molar-refractivity contribution in [3.8, 4) is 34.5 Å². The summed E-state index contributed by atoms with van der Waals surface area (Å²) in [6, 6.07) is 11.3. The van der Waals surface area contributed by atoms with Crippen molar-refractivity contribution in [3.63, 3.8) is 0 Å². The molecule has 0 radical (unpaired) electrons. The van der Waals surface area contributed by atoms with Crippen LogP contribution in [0.5, 0.6) is 34.5 Å². The molecular weight excluding hydrogens is 648 g/mol. The van der Waals surface area contributed by atoms with Crippen molar-refractivity contribution < 1.29 is 52.3 Å². The van der Waals surface area contributed by atoms with Crippen LogP contribution in [0.1, 0.15) is 41.7 Å². The van der Waals surface area contributed by atoms with Crippen LogP contribution in [0.3, 0.4) is 0 Å². The number of benzene rings is 3. The van der Waals surface area contributed by atoms with Gasteiger partial charge in [0.25, 0.3) is 11.8 Å². The van der Waals surface area contributed by atoms with E-state index in [1.165, 1.54) is 39.4 Å². The second kappa shape index (κ2) is 15.4. The lowest BCUT2D eigenvalue weighted by molar-refractivity contribution is -0.149. The van der Waals surface area contributed by atoms with E-state index in [4.69, 9.17) is 37.9 Å². The van der Waals surface area contributed by atoms with Gasteiger partial charge in [-0.15, -0.1) is 0 Å². The van der Waals surface area contributed by atoms with Gasteiger partial charge in [0.1, 0.15) is 23.2 Å². The zero-order chi connectivity index (χ0) is 36.1. The van der Waals surface area contributed by atoms with E-state index in [1.807, 2.05) is 30.3 Å². The maximum atomic E-state index is 14.8. The number of carbonyl (C=O) groups is 3. The number of carbonyl (C=O) groups excluding carboxylic acids is 3. The molecule has 2 aliphatic rings. The van der Waals surface area contributed by atoms with Crippen LogP contribution >= 0.6 is 0 Å². The van der Waals surface area contributed by atoms with Gasteiger partial charge in [0.15, 0.2) is 29.8 Å². The molecule has 0 bridgehead atoms. The Hall–Kier alpha value is -5.43. The number of hydrogen-bond acceptors (Lipinski definition) is 11. The lowest BCUT2D eigenvalue weighted by Crippen LogP contribution is -2.61. The molecule has 5 rings (SSSR count). The monoisotopic (exact) mass is 690 g/mol. The van der Waals surface area contributed by atoms with Gasteiger partial charge in [-0.2, -0.15) is 0 Å². The molecular formula is C37H42N2O11. The summed E-state index contributed by atoms with van der Waals surface area (Å²) in [4.78, 5) is 45.7. The SMILES string of the molecule is COCOc1c(/C=C2/C(=O)N(C(=O)OC(C)C)C(Cc3cc(OC)c(OC)c(C)c3OC)C(=O)N2Cc2ccccc2)cc2c(c1C)OCO2. The molecule has 13 heteroatoms. The number of fused-ring (bicyclic) bond motifs is 1. The Morgan fingerprint density at radius 1 is 0.940 bits per heavy atom. The zero-order valence-electron chi connectivity index (χ0n) is 29.5. The first-order valence-electron chi connectivity index (χ1n) is 16.0. The van der Waals surface area contributed by atoms with Crippen LogP contribution in [0.15, 0.2) is 48.2 Å². The Kier molecular flexibility index (Phi) is 11.1. The third kappa shape index (κ3) is 6.99. The van der Waals surface area contributed by atoms with Gasteiger partial charge >= 0.3 is 6.09 Å². The molecule has 0 N–H and O–H groups in total. The number of amides is 3. The first-order valence-corrected chi connectivity index (χ1v) is 16.0. The normalized spacial score (nSPS) is 16.3. The Balaban J connectivity index is 1.71. The lowest BCUT2D eigenvalue weighted by atomic mass is 9.95. The molecule has 1 unspecified atom stereocenters. The minimum Gasteiger partial charge on any atom is -0.496 e. The summed E-state index contributed by atoms with van der Waals surface area (Å²) in [6.07, 6.45) is -0.144. The number of ether oxygens (including phenoxy) is 8. The molecule has 3 aromatic rings. The smallest absolute Gasteiger partial charge is 0.417 e. The quantitative estimate of drug-likeness (QED) is 0.179. The van der Waals surface area contributed by atoms with E-state index in [2.05, 4.69) is 0 Å². The molecule has 0 saturated carbocycles. The summed E-state index contributed by atoms with van der Waals surface area (Å²) < 4.78 is 44.9. The van der Waals surface area contributed by atoms with Gasteiger partial charge in [-0.3, -0.25) is 9.59 Å². The van der Waals surface area contributed by atoms with E-state index in [0.717, 1.165) is 10.5 Å². The predicted molar refractivity (Wildman–Crippen MR) is 182 cm³/mol. The zero-order valence-corrected chi connectivity index (χ0v) is 29.5. The average molecular weight is 691 g/mol. The van der Waals surface area contributed by atoms with Crippen molar-refractivity contribution in [3.05, 3.63) is 76.0 Å². The third-order valence-corrected chi connectivity index (χ3v) is 8.34. The van der Waals surface area contributed by atoms with E-state index in [-0.39, 0.29) is 32.2 Å². The number of hydrogen-bond donors (Lipinski definition) is 0. The van der Waals surface area contributed by atoms with E-state index in [1.54, 1.807) is 39.8 Å². The molecule has 1 fully saturated rings. The van der Waals surface area contributed by atoms with Crippen molar-refractivity contribution in [1.82, 2.24) is 9.80 Å². The van der Waals surface area contributed by atoms with Crippen LogP contribution in [-0.2, 0) is 32.0 Å². The van der Waals surface area contributed by atoms with Gasteiger partial charge in [-0.05, 0) is 51.5 Å². The summed E-state index contributed by atoms with van der Waals surface area (Å²) in [7, 11) is 5.99. The maximum absolute atomic E-state index is 14.8. The molecule has 266 valence electrons. The largest absolute Gasteiger partial charge is 0.496 e. The fourth-order valence-electron chi connectivity index (χ4n) is 6.15. The number of rotatable bonds is 12. The second-order valence-electron chi connectivity index (χ2n) is 11.9. The van der Waals surface area contributed by atoms with Crippen LogP contribution in [0.2, 0.25) is 0 Å². The van der Waals surface area contributed by atoms with Crippen molar-refractivity contribution in [2.75, 3.05) is 42.0 Å². The van der Waals surface area contributed by atoms with E-state index < -0.39 is 30.1 Å². The van der Waals surface area contributed by atoms with Gasteiger partial charge in [0, 0.05) is 35.8 Å². The lowest BCUT2D eigenvalue weighted by Gasteiger charge is -2.40. The number of nitrogens with zero attached hydrogens (tertiary/aromatic N) is 2. The van der Waals surface area contributed by atoms with Crippen molar-refractivity contribution in [2.45, 2.75) is 52.8 Å². The van der Waals surface area contributed by atoms with Crippen LogP contribution < -0.4 is 28.4 Å². The second-order valence-corrected chi connectivity index (χ2v) is 11.9. The highest BCUT2D eigenvalue weighted by molar-refractivity contribution is 6.13. The number of methoxy groups -OCH3 is 4. The molecule has 1 atom stereocenters. The van der Waals surface area contributed by atoms with E-state index in [0.29, 0.717) is 56.8 Å². The summed E-state index contributed by atoms with van der Waals surface area (Å²) in [6.45, 7) is 6.85. The minimum atomic E-state index is -1.32. The van der Waals surface area contributed by atoms with Crippen molar-refractivity contribution in [1.29, 1.82) is 0 Å². The first kappa shape index (κ1) is 35.9. The summed E-state index contributed by atoms with van der Waals surface area (Å²) >= 11 is 0. The predicted octanol–water partition coefficient (Wildman–Crippen LogP) is 5.41. The average Bonchev–Trinajstić information content (AvgIpc) is 3.57. The van der Waals surface area contributed by atoms with Crippen molar-refractivity contribution in [2.24, 2.45) is 0 Å². The van der Waals surface area contributed by atoms with Gasteiger partial charge < -0.3 is 42.8 Å². The molecule has 0 aliphatic carbocycles. The molecule has 1 saturated heterocycles. The third-order valence-electron chi connectivity index (χ3n) is 8.34. The van der Waals surface area contributed by atoms with Crippen molar-refractivity contribution >= 4 is 24.0 Å². The summed E-state index contributed by atoms with van der Waals surface area (Å²) in [5.41, 5.74) is 2.84. The van der Waals surface area contributed by atoms with Crippen LogP contribution in [0.25, 0.3) is 6.08 Å². The molecule has 2 heterocycles. The molecule has 3 amide bonds. The van der Waals surface area contributed by atoms with Gasteiger partial charge in [0.05, 0.1) is 34.0 Å². The molecule has 0 aromatic heterocycles. The molecule has 13 nitrogen and oxygen atoms in total. The maximum Gasteiger partial charge on any atom is 0.417 e. The van der Waals surface area contributed by atoms with Crippen LogP contribution in [-0.4, -0.2) is 81.9 Å². The standard InChI is InChI=1S/C37H42N2O11/c1-21(2)50-37(42)39-28(15-25-16-29(44-6)33(46-8)22(3)31(25)45-7)35(40)38(18-24-12-10-9-11-13-24)27(36(39)41)14-26-17-30-34(49-20-47-30)23(4)32(26)48-19-43-5/h9-14,16-17,21,28H,15,18-20H2,1-8H3/b27-14-. The Bertz CT molecular complexity index is 1790. The first-order chi connectivity index (χ1) is 24.0. The highest BCUT2D eigenvalue weighted by atomic mass is 16.7. The fourth-order valence-corrected chi connectivity index (χ4v) is 6.15. The Morgan fingerprint density at radius 3 is 2.30 bits per heavy atom. The van der Waals surface area contributed by atoms with Gasteiger partial charge in [0.2, 0.25) is 6.79 Å². The molecule has 3 aromatic carbocycles. The highest BCUT2D eigenvalue weighted by Gasteiger charge is 2.47. The fraction of sp³-hybridized carbons (Fsp3) is 0.378. The van der Waals surface area contributed by atoms with Gasteiger partial charge in [-0.25, -0.2) is 9.69 Å². The van der Waals surface area contributed by atoms with E-state index in [9.17, 15) is 14.4 Å². The number of piperazine rings is 1. The summed E-state index contributed by atoms with van der Waals surface area (Å²) in [5.74, 6) is 1.29. The van der Waals surface area contributed by atoms with E-state index >= 15 is 0 Å².